The van der Waals surface area contributed by atoms with Crippen molar-refractivity contribution in [1.29, 1.82) is 0 Å². The number of rotatable bonds is 5. The molecule has 0 saturated carbocycles. The molecule has 0 saturated heterocycles. The van der Waals surface area contributed by atoms with E-state index in [0.29, 0.717) is 10.0 Å². The number of carbonyl (C=O) groups excluding carboxylic acids is 4. The van der Waals surface area contributed by atoms with E-state index in [0.717, 1.165) is 36.7 Å². The lowest BCUT2D eigenvalue weighted by Crippen LogP contribution is -2.33. The first kappa shape index (κ1) is 15.4. The first-order chi connectivity index (χ1) is 10.4. The van der Waals surface area contributed by atoms with Crippen molar-refractivity contribution in [2.24, 2.45) is 10.2 Å². The van der Waals surface area contributed by atoms with Crippen LogP contribution in [0.5, 0.6) is 0 Å². The van der Waals surface area contributed by atoms with E-state index in [2.05, 4.69) is 10.2 Å². The van der Waals surface area contributed by atoms with Crippen molar-refractivity contribution in [3.8, 4) is 0 Å². The van der Waals surface area contributed by atoms with E-state index in [-0.39, 0.29) is 0 Å². The maximum atomic E-state index is 11.2. The predicted molar refractivity (Wildman–Crippen MR) is 71.0 cm³/mol. The van der Waals surface area contributed by atoms with Gasteiger partial charge in [0.1, 0.15) is 12.2 Å². The number of hydrazone groups is 2. The predicted octanol–water partition coefficient (Wildman–Crippen LogP) is -2.47. The molecule has 0 bridgehead atoms. The summed E-state index contributed by atoms with van der Waals surface area (Å²) in [5, 5.41) is 27.0. The zero-order chi connectivity index (χ0) is 16.3. The third kappa shape index (κ3) is 3.19. The van der Waals surface area contributed by atoms with Crippen LogP contribution >= 0.6 is 0 Å². The van der Waals surface area contributed by atoms with Crippen molar-refractivity contribution in [3.63, 3.8) is 0 Å². The van der Waals surface area contributed by atoms with E-state index in [1.807, 2.05) is 0 Å². The third-order valence-electron chi connectivity index (χ3n) is 2.59. The Hall–Kier alpha value is -2.98. The minimum atomic E-state index is -1.61. The molecule has 0 radical (unpaired) electrons. The van der Waals surface area contributed by atoms with Crippen LogP contribution in [0.15, 0.2) is 34.5 Å². The summed E-state index contributed by atoms with van der Waals surface area (Å²) in [5.74, 6) is -2.74. The van der Waals surface area contributed by atoms with Crippen molar-refractivity contribution in [1.82, 2.24) is 10.0 Å². The largest absolute Gasteiger partial charge is 0.384 e. The molecule has 0 aromatic carbocycles. The van der Waals surface area contributed by atoms with E-state index < -0.39 is 35.8 Å². The molecule has 0 aliphatic carbocycles. The molecule has 22 heavy (non-hydrogen) atoms. The van der Waals surface area contributed by atoms with Gasteiger partial charge in [0.15, 0.2) is 0 Å². The van der Waals surface area contributed by atoms with Crippen LogP contribution in [0.4, 0.5) is 0 Å². The Morgan fingerprint density at radius 3 is 1.27 bits per heavy atom. The van der Waals surface area contributed by atoms with Gasteiger partial charge in [0.05, 0.1) is 12.4 Å². The van der Waals surface area contributed by atoms with Crippen LogP contribution in [0.1, 0.15) is 0 Å². The van der Waals surface area contributed by atoms with Crippen molar-refractivity contribution in [2.75, 3.05) is 0 Å². The molecule has 2 unspecified atom stereocenters. The number of aliphatic hydroxyl groups is 2. The van der Waals surface area contributed by atoms with Gasteiger partial charge in [0.25, 0.3) is 23.6 Å². The van der Waals surface area contributed by atoms with E-state index in [9.17, 15) is 29.4 Å². The highest BCUT2D eigenvalue weighted by atomic mass is 16.3. The molecule has 2 aliphatic heterocycles. The van der Waals surface area contributed by atoms with Crippen LogP contribution in [-0.4, -0.2) is 68.5 Å². The summed E-state index contributed by atoms with van der Waals surface area (Å²) in [6.45, 7) is 0. The lowest BCUT2D eigenvalue weighted by atomic mass is 10.2. The van der Waals surface area contributed by atoms with Gasteiger partial charge in [-0.2, -0.15) is 20.2 Å². The highest BCUT2D eigenvalue weighted by Crippen LogP contribution is 2.05. The Balaban J connectivity index is 1.93. The fraction of sp³-hybridized carbons (Fsp3) is 0.167. The Kier molecular flexibility index (Phi) is 4.34. The molecule has 4 amide bonds. The Bertz CT molecular complexity index is 558. The molecule has 2 N–H and O–H groups in total. The fourth-order valence-corrected chi connectivity index (χ4v) is 1.46. The normalized spacial score (nSPS) is 21.2. The number of carbonyl (C=O) groups is 4. The van der Waals surface area contributed by atoms with Crippen LogP contribution in [0.3, 0.4) is 0 Å². The molecule has 2 rings (SSSR count). The fourth-order valence-electron chi connectivity index (χ4n) is 1.46. The van der Waals surface area contributed by atoms with Gasteiger partial charge in [-0.15, -0.1) is 0 Å². The molecule has 114 valence electrons. The van der Waals surface area contributed by atoms with Gasteiger partial charge >= 0.3 is 0 Å². The highest BCUT2D eigenvalue weighted by Gasteiger charge is 2.25. The number of aliphatic hydroxyl groups excluding tert-OH is 2. The van der Waals surface area contributed by atoms with Crippen molar-refractivity contribution < 1.29 is 29.4 Å². The topological polar surface area (TPSA) is 140 Å². The number of amides is 4. The molecule has 0 aromatic rings. The summed E-state index contributed by atoms with van der Waals surface area (Å²) in [5.41, 5.74) is 0. The van der Waals surface area contributed by atoms with E-state index in [1.165, 1.54) is 0 Å². The summed E-state index contributed by atoms with van der Waals surface area (Å²) in [6.07, 6.45) is 2.31. The third-order valence-corrected chi connectivity index (χ3v) is 2.59. The maximum absolute atomic E-state index is 11.2. The molecule has 2 atom stereocenters. The maximum Gasteiger partial charge on any atom is 0.274 e. The van der Waals surface area contributed by atoms with Gasteiger partial charge < -0.3 is 10.2 Å². The number of imide groups is 2. The van der Waals surface area contributed by atoms with Crippen LogP contribution in [0.2, 0.25) is 0 Å². The minimum absolute atomic E-state index is 0.491. The molecule has 2 aliphatic rings. The smallest absolute Gasteiger partial charge is 0.274 e. The molecule has 2 heterocycles. The zero-order valence-electron chi connectivity index (χ0n) is 10.9. The van der Waals surface area contributed by atoms with Gasteiger partial charge in [0, 0.05) is 24.3 Å². The van der Waals surface area contributed by atoms with Gasteiger partial charge in [-0.3, -0.25) is 19.2 Å². The van der Waals surface area contributed by atoms with E-state index in [1.54, 1.807) is 0 Å². The average Bonchev–Trinajstić information content (AvgIpc) is 2.97. The quantitative estimate of drug-likeness (QED) is 0.426. The number of nitrogens with zero attached hydrogens (tertiary/aromatic N) is 4. The molecule has 0 fully saturated rings. The summed E-state index contributed by atoms with van der Waals surface area (Å²) in [7, 11) is 0. The molecule has 0 spiro atoms. The lowest BCUT2D eigenvalue weighted by molar-refractivity contribution is -0.138. The lowest BCUT2D eigenvalue weighted by Gasteiger charge is -2.12. The monoisotopic (exact) mass is 306 g/mol. The van der Waals surface area contributed by atoms with Gasteiger partial charge in [-0.25, -0.2) is 0 Å². The zero-order valence-corrected chi connectivity index (χ0v) is 10.9. The summed E-state index contributed by atoms with van der Waals surface area (Å²) in [6, 6.07) is 0. The molecule has 10 nitrogen and oxygen atoms in total. The first-order valence-electron chi connectivity index (χ1n) is 5.97. The van der Waals surface area contributed by atoms with Crippen molar-refractivity contribution >= 4 is 36.1 Å². The summed E-state index contributed by atoms with van der Waals surface area (Å²) < 4.78 is 0. The van der Waals surface area contributed by atoms with Crippen molar-refractivity contribution in [3.05, 3.63) is 24.3 Å². The van der Waals surface area contributed by atoms with E-state index in [4.69, 9.17) is 0 Å². The minimum Gasteiger partial charge on any atom is -0.384 e. The van der Waals surface area contributed by atoms with Crippen LogP contribution in [0, 0.1) is 0 Å². The van der Waals surface area contributed by atoms with Crippen molar-refractivity contribution in [2.45, 2.75) is 12.2 Å². The van der Waals surface area contributed by atoms with E-state index >= 15 is 0 Å². The SMILES string of the molecule is O=C1C=CC(=O)N1N=CC(O)C(O)C=NN1C(=O)C=CC1=O. The Morgan fingerprint density at radius 2 is 1.00 bits per heavy atom. The second-order valence-electron chi connectivity index (χ2n) is 4.15. The average molecular weight is 306 g/mol. The van der Waals surface area contributed by atoms with Gasteiger partial charge in [0.2, 0.25) is 0 Å². The molecule has 10 heteroatoms. The molecular weight excluding hydrogens is 296 g/mol. The first-order valence-corrected chi connectivity index (χ1v) is 5.97. The highest BCUT2D eigenvalue weighted by molar-refractivity contribution is 6.13. The number of hydrogen-bond acceptors (Lipinski definition) is 8. The Morgan fingerprint density at radius 1 is 0.727 bits per heavy atom. The molecule has 0 aromatic heterocycles. The van der Waals surface area contributed by atoms with Crippen LogP contribution < -0.4 is 0 Å². The van der Waals surface area contributed by atoms with Gasteiger partial charge in [-0.1, -0.05) is 0 Å². The standard InChI is InChI=1S/C12H10N4O6/c17-7(5-13-15-9(19)1-2-10(15)20)8(18)6-14-16-11(21)3-4-12(16)22/h1-8,17-18H. The van der Waals surface area contributed by atoms with Crippen LogP contribution in [0.25, 0.3) is 0 Å². The van der Waals surface area contributed by atoms with Crippen LogP contribution in [-0.2, 0) is 19.2 Å². The summed E-state index contributed by atoms with van der Waals surface area (Å²) >= 11 is 0. The van der Waals surface area contributed by atoms with Gasteiger partial charge in [-0.05, 0) is 0 Å². The second-order valence-corrected chi connectivity index (χ2v) is 4.15. The molecular formula is C12H10N4O6. The number of hydrogen-bond donors (Lipinski definition) is 2. The second kappa shape index (κ2) is 6.20. The summed E-state index contributed by atoms with van der Waals surface area (Å²) in [4.78, 5) is 44.7. The Labute approximate surface area is 123 Å².